The molecule has 0 N–H and O–H groups in total. The Morgan fingerprint density at radius 2 is 0.842 bits per heavy atom. The van der Waals surface area contributed by atoms with Crippen LogP contribution >= 0.6 is 0 Å². The molecule has 3 saturated carbocycles. The zero-order valence-electron chi connectivity index (χ0n) is 22.2. The van der Waals surface area contributed by atoms with E-state index in [0.29, 0.717) is 13.2 Å². The maximum Gasteiger partial charge on any atom is 0.169 e. The van der Waals surface area contributed by atoms with Crippen molar-refractivity contribution in [3.8, 4) is 0 Å². The molecule has 204 valence electrons. The Balaban J connectivity index is 1.20. The maximum atomic E-state index is 6.90. The van der Waals surface area contributed by atoms with E-state index in [1.165, 1.54) is 12.8 Å². The van der Waals surface area contributed by atoms with Crippen LogP contribution in [0, 0.1) is 0 Å². The summed E-state index contributed by atoms with van der Waals surface area (Å²) in [5, 5.41) is 0. The fraction of sp³-hybridized carbons (Fsp3) is 0.625. The summed E-state index contributed by atoms with van der Waals surface area (Å²) in [6.45, 7) is 1.00. The minimum Gasteiger partial charge on any atom is -0.368 e. The second-order valence-corrected chi connectivity index (χ2v) is 11.8. The quantitative estimate of drug-likeness (QED) is 0.462. The van der Waals surface area contributed by atoms with E-state index in [2.05, 4.69) is 48.5 Å². The van der Waals surface area contributed by atoms with E-state index in [1.807, 2.05) is 12.1 Å². The molecule has 5 aliphatic rings. The van der Waals surface area contributed by atoms with Gasteiger partial charge in [-0.15, -0.1) is 0 Å². The van der Waals surface area contributed by atoms with E-state index < -0.39 is 11.6 Å². The Hall–Kier alpha value is -1.80. The smallest absolute Gasteiger partial charge is 0.169 e. The van der Waals surface area contributed by atoms with Crippen molar-refractivity contribution in [2.75, 3.05) is 0 Å². The average molecular weight is 521 g/mol. The number of benzene rings is 2. The Morgan fingerprint density at radius 3 is 1.18 bits per heavy atom. The van der Waals surface area contributed by atoms with Gasteiger partial charge >= 0.3 is 0 Å². The van der Waals surface area contributed by atoms with Crippen LogP contribution in [0.4, 0.5) is 0 Å². The molecule has 3 aliphatic carbocycles. The monoisotopic (exact) mass is 520 g/mol. The molecule has 0 radical (unpaired) electrons. The molecule has 2 aromatic rings. The Morgan fingerprint density at radius 1 is 0.500 bits per heavy atom. The lowest BCUT2D eigenvalue weighted by atomic mass is 9.84. The molecule has 0 aromatic heterocycles. The van der Waals surface area contributed by atoms with Gasteiger partial charge in [-0.3, -0.25) is 0 Å². The van der Waals surface area contributed by atoms with E-state index in [4.69, 9.17) is 28.4 Å². The van der Waals surface area contributed by atoms with E-state index in [9.17, 15) is 0 Å². The molecule has 38 heavy (non-hydrogen) atoms. The third-order valence-electron chi connectivity index (χ3n) is 9.15. The summed E-state index contributed by atoms with van der Waals surface area (Å²) >= 11 is 0. The van der Waals surface area contributed by atoms with Crippen molar-refractivity contribution in [3.63, 3.8) is 0 Å². The number of hydrogen-bond donors (Lipinski definition) is 0. The topological polar surface area (TPSA) is 55.4 Å². The molecule has 2 aliphatic heterocycles. The van der Waals surface area contributed by atoms with Crippen LogP contribution in [0.15, 0.2) is 60.7 Å². The van der Waals surface area contributed by atoms with Gasteiger partial charge < -0.3 is 28.4 Å². The van der Waals surface area contributed by atoms with Crippen molar-refractivity contribution in [2.45, 2.75) is 126 Å². The number of fused-ring (bicyclic) bond motifs is 2. The molecule has 6 nitrogen and oxygen atoms in total. The summed E-state index contributed by atoms with van der Waals surface area (Å²) in [6, 6.07) is 20.7. The number of ether oxygens (including phenoxy) is 6. The van der Waals surface area contributed by atoms with E-state index >= 15 is 0 Å². The van der Waals surface area contributed by atoms with Crippen LogP contribution in [0.25, 0.3) is 0 Å². The van der Waals surface area contributed by atoms with Gasteiger partial charge in [0, 0.05) is 25.7 Å². The zero-order chi connectivity index (χ0) is 25.4. The molecule has 2 saturated heterocycles. The predicted molar refractivity (Wildman–Crippen MR) is 141 cm³/mol. The van der Waals surface area contributed by atoms with E-state index in [-0.39, 0.29) is 36.6 Å². The molecular weight excluding hydrogens is 480 g/mol. The SMILES string of the molecule is c1ccc(COC2[C@H]3OC4(CCCCC4)O[C@@H]3C(OCc3ccccc3)[C@@H]3OC4(CCCCC4)O[C@@H]23)cc1. The van der Waals surface area contributed by atoms with Crippen molar-refractivity contribution in [3.05, 3.63) is 71.8 Å². The summed E-state index contributed by atoms with van der Waals surface area (Å²) in [6.07, 6.45) is 8.96. The van der Waals surface area contributed by atoms with Gasteiger partial charge in [-0.1, -0.05) is 73.5 Å². The molecule has 0 amide bonds. The lowest BCUT2D eigenvalue weighted by Gasteiger charge is -2.42. The van der Waals surface area contributed by atoms with Crippen molar-refractivity contribution < 1.29 is 28.4 Å². The van der Waals surface area contributed by atoms with Crippen LogP contribution < -0.4 is 0 Å². The average Bonchev–Trinajstić information content (AvgIpc) is 3.50. The van der Waals surface area contributed by atoms with Crippen LogP contribution in [0.2, 0.25) is 0 Å². The van der Waals surface area contributed by atoms with Gasteiger partial charge in [-0.05, 0) is 36.8 Å². The normalized spacial score (nSPS) is 35.3. The van der Waals surface area contributed by atoms with E-state index in [1.54, 1.807) is 0 Å². The van der Waals surface area contributed by atoms with Crippen LogP contribution in [-0.2, 0) is 41.6 Å². The van der Waals surface area contributed by atoms with Gasteiger partial charge in [-0.2, -0.15) is 0 Å². The Kier molecular flexibility index (Phi) is 7.05. The molecule has 5 fully saturated rings. The summed E-state index contributed by atoms with van der Waals surface area (Å²) < 4.78 is 41.0. The third kappa shape index (κ3) is 4.85. The minimum atomic E-state index is -0.558. The molecule has 2 spiro atoms. The maximum absolute atomic E-state index is 6.90. The highest BCUT2D eigenvalue weighted by atomic mass is 16.8. The summed E-state index contributed by atoms with van der Waals surface area (Å²) in [5.74, 6) is -1.12. The lowest BCUT2D eigenvalue weighted by Crippen LogP contribution is -2.62. The predicted octanol–water partition coefficient (Wildman–Crippen LogP) is 6.06. The highest BCUT2D eigenvalue weighted by Gasteiger charge is 2.66. The first kappa shape index (κ1) is 25.2. The van der Waals surface area contributed by atoms with Gasteiger partial charge in [0.1, 0.15) is 36.6 Å². The molecular formula is C32H40O6. The molecule has 6 atom stereocenters. The second-order valence-electron chi connectivity index (χ2n) is 11.8. The molecule has 7 rings (SSSR count). The fourth-order valence-corrected chi connectivity index (χ4v) is 7.27. The van der Waals surface area contributed by atoms with Crippen LogP contribution in [0.3, 0.4) is 0 Å². The van der Waals surface area contributed by atoms with Crippen molar-refractivity contribution in [2.24, 2.45) is 0 Å². The molecule has 0 bridgehead atoms. The Bertz CT molecular complexity index is 935. The highest BCUT2D eigenvalue weighted by molar-refractivity contribution is 5.16. The third-order valence-corrected chi connectivity index (χ3v) is 9.15. The van der Waals surface area contributed by atoms with Gasteiger partial charge in [0.2, 0.25) is 0 Å². The van der Waals surface area contributed by atoms with Crippen molar-refractivity contribution in [1.82, 2.24) is 0 Å². The molecule has 2 aromatic carbocycles. The van der Waals surface area contributed by atoms with Gasteiger partial charge in [0.15, 0.2) is 11.6 Å². The van der Waals surface area contributed by atoms with Crippen LogP contribution in [0.5, 0.6) is 0 Å². The molecule has 6 heteroatoms. The van der Waals surface area contributed by atoms with Crippen LogP contribution in [0.1, 0.15) is 75.3 Å². The summed E-state index contributed by atoms with van der Waals surface area (Å²) in [5.41, 5.74) is 2.28. The lowest BCUT2D eigenvalue weighted by molar-refractivity contribution is -0.229. The van der Waals surface area contributed by atoms with Gasteiger partial charge in [-0.25, -0.2) is 0 Å². The van der Waals surface area contributed by atoms with Gasteiger partial charge in [0.05, 0.1) is 13.2 Å². The van der Waals surface area contributed by atoms with Gasteiger partial charge in [0.25, 0.3) is 0 Å². The summed E-state index contributed by atoms with van der Waals surface area (Å²) in [7, 11) is 0. The first-order valence-electron chi connectivity index (χ1n) is 14.8. The number of hydrogen-bond acceptors (Lipinski definition) is 6. The standard InChI is InChI=1S/C32H40O6/c1-5-13-23(14-6-1)21-33-25-27-29(37-31(35-27)17-9-3-10-18-31)26(34-22-24-15-7-2-8-16-24)30-28(25)36-32(38-30)19-11-4-12-20-32/h1-2,5-8,13-16,25-30H,3-4,9-12,17-22H2/t25?,26?,27-,28+,29-,30+. The molecule has 2 heterocycles. The van der Waals surface area contributed by atoms with Crippen LogP contribution in [-0.4, -0.2) is 48.2 Å². The minimum absolute atomic E-state index is 0.263. The van der Waals surface area contributed by atoms with E-state index in [0.717, 1.165) is 62.5 Å². The highest BCUT2D eigenvalue weighted by Crippen LogP contribution is 2.52. The summed E-state index contributed by atoms with van der Waals surface area (Å²) in [4.78, 5) is 0. The Labute approximate surface area is 225 Å². The second kappa shape index (κ2) is 10.6. The fourth-order valence-electron chi connectivity index (χ4n) is 7.27. The first-order chi connectivity index (χ1) is 18.7. The molecule has 2 unspecified atom stereocenters. The largest absolute Gasteiger partial charge is 0.368 e. The zero-order valence-corrected chi connectivity index (χ0v) is 22.2. The van der Waals surface area contributed by atoms with Crippen molar-refractivity contribution in [1.29, 1.82) is 0 Å². The van der Waals surface area contributed by atoms with Crippen molar-refractivity contribution >= 4 is 0 Å². The first-order valence-corrected chi connectivity index (χ1v) is 14.8. The number of rotatable bonds is 6.